The van der Waals surface area contributed by atoms with E-state index < -0.39 is 5.97 Å². The molecule has 0 unspecified atom stereocenters. The van der Waals surface area contributed by atoms with Crippen molar-refractivity contribution in [1.82, 2.24) is 0 Å². The Morgan fingerprint density at radius 3 is 1.00 bits per heavy atom. The van der Waals surface area contributed by atoms with Crippen LogP contribution in [0, 0.1) is 0 Å². The summed E-state index contributed by atoms with van der Waals surface area (Å²) in [5.41, 5.74) is 0. The van der Waals surface area contributed by atoms with Crippen LogP contribution in [0.2, 0.25) is 0 Å². The van der Waals surface area contributed by atoms with Crippen LogP contribution in [0.3, 0.4) is 0 Å². The van der Waals surface area contributed by atoms with Crippen molar-refractivity contribution in [2.75, 3.05) is 0 Å². The molecule has 3 heteroatoms. The lowest BCUT2D eigenvalue weighted by Gasteiger charge is -2.03. The summed E-state index contributed by atoms with van der Waals surface area (Å²) in [5, 5.41) is 8.56. The maximum absolute atomic E-state index is 10.4. The minimum absolute atomic E-state index is 0. The molecule has 2 nitrogen and oxygen atoms in total. The summed E-state index contributed by atoms with van der Waals surface area (Å²) in [4.78, 5) is 10.4. The molecule has 0 atom stereocenters. The molecule has 0 aliphatic rings. The van der Waals surface area contributed by atoms with Crippen LogP contribution < -0.4 is 0 Å². The Hall–Kier alpha value is 0.236. The molecule has 0 aromatic heterocycles. The predicted molar refractivity (Wildman–Crippen MR) is 111 cm³/mol. The van der Waals surface area contributed by atoms with Gasteiger partial charge in [-0.15, -0.1) is 0 Å². The van der Waals surface area contributed by atoms with E-state index in [1.54, 1.807) is 0 Å². The molecular weight excluding hydrogens is 321 g/mol. The first-order valence-electron chi connectivity index (χ1n) is 11.0. The van der Waals surface area contributed by atoms with Crippen LogP contribution in [-0.4, -0.2) is 34.1 Å². The normalized spacial score (nSPS) is 10.6. The molecule has 0 fully saturated rings. The topological polar surface area (TPSA) is 37.3 Å². The van der Waals surface area contributed by atoms with E-state index >= 15 is 0 Å². The molecule has 2 radical (unpaired) electrons. The van der Waals surface area contributed by atoms with Gasteiger partial charge in [0, 0.05) is 29.5 Å². The lowest BCUT2D eigenvalue weighted by atomic mass is 10.0. The van der Waals surface area contributed by atoms with E-state index in [4.69, 9.17) is 5.11 Å². The fourth-order valence-electron chi connectivity index (χ4n) is 3.35. The fourth-order valence-corrected chi connectivity index (χ4v) is 3.35. The molecule has 25 heavy (non-hydrogen) atoms. The Morgan fingerprint density at radius 2 is 0.760 bits per heavy atom. The van der Waals surface area contributed by atoms with Gasteiger partial charge in [0.2, 0.25) is 0 Å². The number of hydrogen-bond donors (Lipinski definition) is 1. The Morgan fingerprint density at radius 1 is 0.520 bits per heavy atom. The van der Waals surface area contributed by atoms with Crippen LogP contribution in [0.25, 0.3) is 0 Å². The maximum Gasteiger partial charge on any atom is 0.303 e. The zero-order valence-electron chi connectivity index (χ0n) is 17.2. The third kappa shape index (κ3) is 26.6. The zero-order valence-corrected chi connectivity index (χ0v) is 18.6. The van der Waals surface area contributed by atoms with Gasteiger partial charge in [-0.3, -0.25) is 4.79 Å². The van der Waals surface area contributed by atoms with Crippen LogP contribution in [0.15, 0.2) is 0 Å². The van der Waals surface area contributed by atoms with E-state index in [1.807, 2.05) is 0 Å². The van der Waals surface area contributed by atoms with Crippen molar-refractivity contribution in [3.8, 4) is 0 Å². The fraction of sp³-hybridized carbons (Fsp3) is 0.955. The highest BCUT2D eigenvalue weighted by Crippen LogP contribution is 2.14. The van der Waals surface area contributed by atoms with Crippen molar-refractivity contribution in [2.24, 2.45) is 0 Å². The van der Waals surface area contributed by atoms with Gasteiger partial charge in [-0.2, -0.15) is 0 Å². The molecule has 0 saturated carbocycles. The largest absolute Gasteiger partial charge is 0.481 e. The van der Waals surface area contributed by atoms with Crippen molar-refractivity contribution in [2.45, 2.75) is 135 Å². The van der Waals surface area contributed by atoms with Crippen LogP contribution in [0.4, 0.5) is 0 Å². The molecule has 0 heterocycles. The molecule has 0 amide bonds. The third-order valence-electron chi connectivity index (χ3n) is 4.99. The van der Waals surface area contributed by atoms with Gasteiger partial charge in [-0.05, 0) is 6.42 Å². The lowest BCUT2D eigenvalue weighted by molar-refractivity contribution is -0.137. The van der Waals surface area contributed by atoms with Gasteiger partial charge in [0.15, 0.2) is 0 Å². The number of rotatable bonds is 20. The Kier molecular flexibility index (Phi) is 26.6. The molecule has 146 valence electrons. The Bertz CT molecular complexity index is 256. The maximum atomic E-state index is 10.4. The second kappa shape index (κ2) is 24.2. The van der Waals surface area contributed by atoms with Crippen molar-refractivity contribution in [1.29, 1.82) is 0 Å². The van der Waals surface area contributed by atoms with Gasteiger partial charge in [0.05, 0.1) is 0 Å². The summed E-state index contributed by atoms with van der Waals surface area (Å²) < 4.78 is 0. The second-order valence-corrected chi connectivity index (χ2v) is 7.51. The number of aliphatic carboxylic acids is 1. The SMILES string of the molecule is CCCCCCCCCCCCCCCCCCCCCC(=O)O.[Mg]. The van der Waals surface area contributed by atoms with E-state index in [9.17, 15) is 4.79 Å². The van der Waals surface area contributed by atoms with Gasteiger partial charge in [0.25, 0.3) is 0 Å². The van der Waals surface area contributed by atoms with E-state index in [2.05, 4.69) is 6.92 Å². The van der Waals surface area contributed by atoms with E-state index in [-0.39, 0.29) is 23.1 Å². The zero-order chi connectivity index (χ0) is 17.7. The number of hydrogen-bond acceptors (Lipinski definition) is 1. The lowest BCUT2D eigenvalue weighted by Crippen LogP contribution is -1.93. The van der Waals surface area contributed by atoms with Gasteiger partial charge < -0.3 is 5.11 Å². The summed E-state index contributed by atoms with van der Waals surface area (Å²) in [7, 11) is 0. The van der Waals surface area contributed by atoms with Crippen molar-refractivity contribution >= 4 is 29.0 Å². The summed E-state index contributed by atoms with van der Waals surface area (Å²) in [6, 6.07) is 0. The minimum atomic E-state index is -0.651. The quantitative estimate of drug-likeness (QED) is 0.179. The number of unbranched alkanes of at least 4 members (excludes halogenated alkanes) is 18. The molecule has 0 aliphatic carbocycles. The average molecular weight is 365 g/mol. The smallest absolute Gasteiger partial charge is 0.303 e. The van der Waals surface area contributed by atoms with E-state index in [0.717, 1.165) is 12.8 Å². The minimum Gasteiger partial charge on any atom is -0.481 e. The van der Waals surface area contributed by atoms with Gasteiger partial charge in [-0.1, -0.05) is 122 Å². The molecule has 0 rings (SSSR count). The van der Waals surface area contributed by atoms with Gasteiger partial charge >= 0.3 is 5.97 Å². The number of carbonyl (C=O) groups is 1. The van der Waals surface area contributed by atoms with Gasteiger partial charge in [-0.25, -0.2) is 0 Å². The summed E-state index contributed by atoms with van der Waals surface area (Å²) in [5.74, 6) is -0.651. The molecular formula is C22H44MgO2. The van der Waals surface area contributed by atoms with Crippen LogP contribution in [-0.2, 0) is 4.79 Å². The first-order valence-corrected chi connectivity index (χ1v) is 11.0. The van der Waals surface area contributed by atoms with Crippen LogP contribution in [0.5, 0.6) is 0 Å². The molecule has 0 bridgehead atoms. The molecule has 0 saturated heterocycles. The number of carboxylic acid groups (broad SMARTS) is 1. The molecule has 1 N–H and O–H groups in total. The van der Waals surface area contributed by atoms with Crippen molar-refractivity contribution in [3.05, 3.63) is 0 Å². The molecule has 0 aromatic rings. The highest BCUT2D eigenvalue weighted by Gasteiger charge is 1.97. The molecule has 0 aromatic carbocycles. The Labute approximate surface area is 174 Å². The summed E-state index contributed by atoms with van der Waals surface area (Å²) >= 11 is 0. The van der Waals surface area contributed by atoms with Crippen LogP contribution in [0.1, 0.15) is 135 Å². The second-order valence-electron chi connectivity index (χ2n) is 7.51. The summed E-state index contributed by atoms with van der Waals surface area (Å²) in [6.07, 6.45) is 26.1. The predicted octanol–water partition coefficient (Wildman–Crippen LogP) is 7.51. The Balaban J connectivity index is 0. The van der Waals surface area contributed by atoms with Crippen molar-refractivity contribution in [3.63, 3.8) is 0 Å². The third-order valence-corrected chi connectivity index (χ3v) is 4.99. The molecule has 0 spiro atoms. The first-order chi connectivity index (χ1) is 11.8. The molecule has 0 aliphatic heterocycles. The van der Waals surface area contributed by atoms with Crippen LogP contribution >= 0.6 is 0 Å². The highest BCUT2D eigenvalue weighted by molar-refractivity contribution is 5.75. The van der Waals surface area contributed by atoms with Gasteiger partial charge in [0.1, 0.15) is 0 Å². The van der Waals surface area contributed by atoms with E-state index in [0.29, 0.717) is 6.42 Å². The summed E-state index contributed by atoms with van der Waals surface area (Å²) in [6.45, 7) is 2.28. The first kappa shape index (κ1) is 27.5. The monoisotopic (exact) mass is 364 g/mol. The van der Waals surface area contributed by atoms with Crippen molar-refractivity contribution < 1.29 is 9.90 Å². The van der Waals surface area contributed by atoms with E-state index in [1.165, 1.54) is 109 Å². The highest BCUT2D eigenvalue weighted by atomic mass is 24.3. The standard InChI is InChI=1S/C22H44O2.Mg/c1-2-3-4-5-6-7-8-9-10-11-12-13-14-15-16-17-18-19-20-21-22(23)24;/h2-21H2,1H3,(H,23,24);. The average Bonchev–Trinajstić information content (AvgIpc) is 2.56. The number of carboxylic acids is 1.